The van der Waals surface area contributed by atoms with E-state index >= 15 is 0 Å². The summed E-state index contributed by atoms with van der Waals surface area (Å²) < 4.78 is 1.62. The molecule has 0 aliphatic heterocycles. The molecular formula is C17H16N2O2. The van der Waals surface area contributed by atoms with Gasteiger partial charge in [0.2, 0.25) is 0 Å². The molecule has 21 heavy (non-hydrogen) atoms. The Kier molecular flexibility index (Phi) is 3.22. The van der Waals surface area contributed by atoms with Crippen LogP contribution in [0, 0.1) is 6.92 Å². The molecule has 4 heteroatoms. The Hall–Kier alpha value is -2.62. The van der Waals surface area contributed by atoms with E-state index in [9.17, 15) is 9.90 Å². The molecule has 3 rings (SSSR count). The van der Waals surface area contributed by atoms with Gasteiger partial charge in [-0.1, -0.05) is 31.2 Å². The van der Waals surface area contributed by atoms with Gasteiger partial charge in [0.05, 0.1) is 0 Å². The van der Waals surface area contributed by atoms with Gasteiger partial charge in [0, 0.05) is 11.8 Å². The number of aromatic carboxylic acids is 1. The van der Waals surface area contributed by atoms with Crippen LogP contribution in [0.2, 0.25) is 0 Å². The highest BCUT2D eigenvalue weighted by Gasteiger charge is 2.19. The van der Waals surface area contributed by atoms with Crippen LogP contribution in [-0.2, 0) is 6.42 Å². The second kappa shape index (κ2) is 5.05. The van der Waals surface area contributed by atoms with Gasteiger partial charge >= 0.3 is 5.97 Å². The van der Waals surface area contributed by atoms with Crippen molar-refractivity contribution in [3.8, 4) is 11.3 Å². The minimum absolute atomic E-state index is 0.203. The Morgan fingerprint density at radius 2 is 1.95 bits per heavy atom. The number of benzene rings is 1. The van der Waals surface area contributed by atoms with E-state index in [-0.39, 0.29) is 5.69 Å². The van der Waals surface area contributed by atoms with Crippen LogP contribution >= 0.6 is 0 Å². The molecule has 0 saturated heterocycles. The summed E-state index contributed by atoms with van der Waals surface area (Å²) >= 11 is 0. The lowest BCUT2D eigenvalue weighted by molar-refractivity contribution is 0.0690. The number of aromatic nitrogens is 2. The average molecular weight is 280 g/mol. The molecule has 0 atom stereocenters. The quantitative estimate of drug-likeness (QED) is 0.798. The summed E-state index contributed by atoms with van der Waals surface area (Å²) in [6, 6.07) is 11.6. The van der Waals surface area contributed by atoms with E-state index in [1.165, 1.54) is 5.56 Å². The van der Waals surface area contributed by atoms with Crippen molar-refractivity contribution in [3.63, 3.8) is 0 Å². The van der Waals surface area contributed by atoms with Crippen LogP contribution in [0.25, 0.3) is 16.9 Å². The molecule has 0 saturated carbocycles. The maximum atomic E-state index is 11.6. The van der Waals surface area contributed by atoms with E-state index in [2.05, 4.69) is 11.9 Å². The molecule has 106 valence electrons. The summed E-state index contributed by atoms with van der Waals surface area (Å²) in [4.78, 5) is 16.1. The van der Waals surface area contributed by atoms with Gasteiger partial charge in [-0.3, -0.25) is 4.40 Å². The number of aryl methyl sites for hydroxylation is 2. The zero-order chi connectivity index (χ0) is 15.0. The molecule has 0 spiro atoms. The number of hydrogen-bond acceptors (Lipinski definition) is 2. The highest BCUT2D eigenvalue weighted by Crippen LogP contribution is 2.25. The van der Waals surface area contributed by atoms with Crippen molar-refractivity contribution in [2.75, 3.05) is 0 Å². The van der Waals surface area contributed by atoms with Gasteiger partial charge in [0.1, 0.15) is 11.3 Å². The summed E-state index contributed by atoms with van der Waals surface area (Å²) in [5, 5.41) is 9.52. The Morgan fingerprint density at radius 3 is 2.57 bits per heavy atom. The number of pyridine rings is 1. The summed E-state index contributed by atoms with van der Waals surface area (Å²) in [5.41, 5.74) is 4.46. The first-order valence-corrected chi connectivity index (χ1v) is 6.91. The molecule has 2 aromatic heterocycles. The van der Waals surface area contributed by atoms with Gasteiger partial charge in [-0.25, -0.2) is 9.78 Å². The summed E-state index contributed by atoms with van der Waals surface area (Å²) in [6.07, 6.45) is 2.71. The van der Waals surface area contributed by atoms with Crippen LogP contribution in [0.5, 0.6) is 0 Å². The third-order valence-corrected chi connectivity index (χ3v) is 3.62. The molecule has 0 bridgehead atoms. The third kappa shape index (κ3) is 2.29. The van der Waals surface area contributed by atoms with Gasteiger partial charge < -0.3 is 5.11 Å². The zero-order valence-corrected chi connectivity index (χ0v) is 12.0. The maximum absolute atomic E-state index is 11.6. The fourth-order valence-electron chi connectivity index (χ4n) is 2.45. The van der Waals surface area contributed by atoms with Gasteiger partial charge in [0.15, 0.2) is 5.69 Å². The predicted molar refractivity (Wildman–Crippen MR) is 81.7 cm³/mol. The first kappa shape index (κ1) is 13.4. The number of fused-ring (bicyclic) bond motifs is 1. The van der Waals surface area contributed by atoms with E-state index < -0.39 is 5.97 Å². The largest absolute Gasteiger partial charge is 0.476 e. The standard InChI is InChI=1S/C17H16N2O2/c1-3-12-4-6-13(7-5-12)15-16(17(20)21)19-9-8-11(2)10-14(19)18-15/h4-10H,3H2,1-2H3,(H,20,21). The van der Waals surface area contributed by atoms with Crippen molar-refractivity contribution in [2.45, 2.75) is 20.3 Å². The summed E-state index contributed by atoms with van der Waals surface area (Å²) in [6.45, 7) is 4.05. The van der Waals surface area contributed by atoms with E-state index in [0.29, 0.717) is 11.3 Å². The van der Waals surface area contributed by atoms with E-state index in [1.54, 1.807) is 10.6 Å². The number of rotatable bonds is 3. The first-order valence-electron chi connectivity index (χ1n) is 6.91. The highest BCUT2D eigenvalue weighted by atomic mass is 16.4. The zero-order valence-electron chi connectivity index (χ0n) is 12.0. The van der Waals surface area contributed by atoms with Crippen molar-refractivity contribution in [2.24, 2.45) is 0 Å². The normalized spacial score (nSPS) is 11.0. The molecule has 0 aliphatic carbocycles. The molecule has 0 unspecified atom stereocenters. The summed E-state index contributed by atoms with van der Waals surface area (Å²) in [5.74, 6) is -0.971. The average Bonchev–Trinajstić information content (AvgIpc) is 2.85. The number of imidazole rings is 1. The summed E-state index contributed by atoms with van der Waals surface area (Å²) in [7, 11) is 0. The number of carbonyl (C=O) groups is 1. The molecule has 1 aromatic carbocycles. The van der Waals surface area contributed by atoms with Crippen LogP contribution in [0.1, 0.15) is 28.5 Å². The highest BCUT2D eigenvalue weighted by molar-refractivity contribution is 5.94. The second-order valence-electron chi connectivity index (χ2n) is 5.10. The molecular weight excluding hydrogens is 264 g/mol. The van der Waals surface area contributed by atoms with Gasteiger partial charge in [-0.15, -0.1) is 0 Å². The van der Waals surface area contributed by atoms with Crippen LogP contribution in [0.4, 0.5) is 0 Å². The molecule has 0 amide bonds. The monoisotopic (exact) mass is 280 g/mol. The van der Waals surface area contributed by atoms with Crippen LogP contribution in [0.3, 0.4) is 0 Å². The van der Waals surface area contributed by atoms with Crippen molar-refractivity contribution in [1.82, 2.24) is 9.38 Å². The smallest absolute Gasteiger partial charge is 0.355 e. The number of nitrogens with zero attached hydrogens (tertiary/aromatic N) is 2. The molecule has 1 N–H and O–H groups in total. The van der Waals surface area contributed by atoms with E-state index in [1.807, 2.05) is 43.3 Å². The molecule has 3 aromatic rings. The Bertz CT molecular complexity index is 817. The first-order chi connectivity index (χ1) is 10.1. The van der Waals surface area contributed by atoms with Crippen LogP contribution in [-0.4, -0.2) is 20.5 Å². The van der Waals surface area contributed by atoms with Crippen molar-refractivity contribution in [1.29, 1.82) is 0 Å². The Balaban J connectivity index is 2.24. The van der Waals surface area contributed by atoms with Crippen molar-refractivity contribution in [3.05, 3.63) is 59.4 Å². The lowest BCUT2D eigenvalue weighted by Crippen LogP contribution is -2.03. The van der Waals surface area contributed by atoms with Gasteiger partial charge in [0.25, 0.3) is 0 Å². The molecule has 0 fully saturated rings. The van der Waals surface area contributed by atoms with E-state index in [4.69, 9.17) is 0 Å². The fourth-order valence-corrected chi connectivity index (χ4v) is 2.45. The number of carboxylic acids is 1. The lowest BCUT2D eigenvalue weighted by atomic mass is 10.1. The number of hydrogen-bond donors (Lipinski definition) is 1. The fraction of sp³-hybridized carbons (Fsp3) is 0.176. The molecule has 2 heterocycles. The van der Waals surface area contributed by atoms with Crippen molar-refractivity contribution < 1.29 is 9.90 Å². The van der Waals surface area contributed by atoms with Crippen LogP contribution in [0.15, 0.2) is 42.6 Å². The Labute approximate surface area is 122 Å². The Morgan fingerprint density at radius 1 is 1.24 bits per heavy atom. The van der Waals surface area contributed by atoms with Crippen molar-refractivity contribution >= 4 is 11.6 Å². The second-order valence-corrected chi connectivity index (χ2v) is 5.10. The van der Waals surface area contributed by atoms with E-state index in [0.717, 1.165) is 17.5 Å². The molecule has 0 aliphatic rings. The molecule has 4 nitrogen and oxygen atoms in total. The third-order valence-electron chi connectivity index (χ3n) is 3.62. The van der Waals surface area contributed by atoms with Crippen LogP contribution < -0.4 is 0 Å². The topological polar surface area (TPSA) is 54.6 Å². The number of carboxylic acid groups (broad SMARTS) is 1. The van der Waals surface area contributed by atoms with Gasteiger partial charge in [-0.2, -0.15) is 0 Å². The lowest BCUT2D eigenvalue weighted by Gasteiger charge is -2.02. The SMILES string of the molecule is CCc1ccc(-c2nc3cc(C)ccn3c2C(=O)O)cc1. The minimum atomic E-state index is -0.971. The predicted octanol–water partition coefficient (Wildman–Crippen LogP) is 3.57. The minimum Gasteiger partial charge on any atom is -0.476 e. The van der Waals surface area contributed by atoms with Gasteiger partial charge in [-0.05, 0) is 36.6 Å². The maximum Gasteiger partial charge on any atom is 0.355 e. The molecule has 0 radical (unpaired) electrons.